The highest BCUT2D eigenvalue weighted by Crippen LogP contribution is 2.34. The van der Waals surface area contributed by atoms with E-state index in [0.717, 1.165) is 21.3 Å². The number of rotatable bonds is 7. The zero-order valence-corrected chi connectivity index (χ0v) is 25.0. The zero-order chi connectivity index (χ0) is 29.1. The first kappa shape index (κ1) is 29.0. The van der Waals surface area contributed by atoms with E-state index in [1.807, 2.05) is 49.4 Å². The summed E-state index contributed by atoms with van der Waals surface area (Å²) in [6, 6.07) is 19.2. The molecule has 0 spiro atoms. The molecule has 1 aliphatic heterocycles. The molecule has 3 aromatic carbocycles. The fraction of sp³-hybridized carbons (Fsp3) is 0.276. The molecule has 1 aromatic heterocycles. The van der Waals surface area contributed by atoms with Gasteiger partial charge in [0.25, 0.3) is 5.91 Å². The number of benzene rings is 3. The quantitative estimate of drug-likeness (QED) is 0.271. The summed E-state index contributed by atoms with van der Waals surface area (Å²) in [5.41, 5.74) is 2.96. The first-order valence-electron chi connectivity index (χ1n) is 13.1. The molecule has 1 saturated heterocycles. The van der Waals surface area contributed by atoms with Gasteiger partial charge in [0.05, 0.1) is 28.3 Å². The van der Waals surface area contributed by atoms with E-state index in [1.54, 1.807) is 11.8 Å². The number of nitrogens with zero attached hydrogens (tertiary/aromatic N) is 4. The molecule has 5 rings (SSSR count). The van der Waals surface area contributed by atoms with Crippen molar-refractivity contribution in [3.05, 3.63) is 88.4 Å². The summed E-state index contributed by atoms with van der Waals surface area (Å²) >= 11 is 7.64. The lowest BCUT2D eigenvalue weighted by Gasteiger charge is -2.33. The van der Waals surface area contributed by atoms with Crippen molar-refractivity contribution in [1.29, 1.82) is 0 Å². The number of piperazine rings is 1. The van der Waals surface area contributed by atoms with Crippen LogP contribution in [0.25, 0.3) is 10.2 Å². The molecule has 0 unspecified atom stereocenters. The predicted octanol–water partition coefficient (Wildman–Crippen LogP) is 5.57. The number of ether oxygens (including phenoxy) is 1. The minimum atomic E-state index is -3.81. The fourth-order valence-electron chi connectivity index (χ4n) is 4.65. The second-order valence-electron chi connectivity index (χ2n) is 9.56. The third-order valence-corrected chi connectivity index (χ3v) is 9.96. The van der Waals surface area contributed by atoms with Gasteiger partial charge >= 0.3 is 6.09 Å². The van der Waals surface area contributed by atoms with Gasteiger partial charge in [-0.1, -0.05) is 53.3 Å². The van der Waals surface area contributed by atoms with Crippen LogP contribution in [0.4, 0.5) is 9.93 Å². The molecule has 1 fully saturated rings. The molecule has 2 heterocycles. The van der Waals surface area contributed by atoms with Crippen LogP contribution in [-0.4, -0.2) is 67.4 Å². The number of hydrogen-bond donors (Lipinski definition) is 0. The first-order chi connectivity index (χ1) is 19.7. The van der Waals surface area contributed by atoms with Crippen LogP contribution in [0.15, 0.2) is 71.6 Å². The molecule has 0 N–H and O–H groups in total. The van der Waals surface area contributed by atoms with Gasteiger partial charge in [0.15, 0.2) is 5.13 Å². The highest BCUT2D eigenvalue weighted by atomic mass is 35.5. The lowest BCUT2D eigenvalue weighted by molar-refractivity contribution is 0.0933. The maximum absolute atomic E-state index is 13.9. The van der Waals surface area contributed by atoms with Crippen molar-refractivity contribution in [2.24, 2.45) is 0 Å². The van der Waals surface area contributed by atoms with Gasteiger partial charge in [0.1, 0.15) is 0 Å². The van der Waals surface area contributed by atoms with Crippen molar-refractivity contribution in [3.63, 3.8) is 0 Å². The van der Waals surface area contributed by atoms with E-state index < -0.39 is 16.1 Å². The fourth-order valence-corrected chi connectivity index (χ4v) is 7.49. The Morgan fingerprint density at radius 1 is 1.02 bits per heavy atom. The summed E-state index contributed by atoms with van der Waals surface area (Å²) < 4.78 is 33.8. The van der Waals surface area contributed by atoms with Gasteiger partial charge in [0.2, 0.25) is 10.0 Å². The molecular weight excluding hydrogens is 584 g/mol. The molecule has 0 atom stereocenters. The standard InChI is InChI=1S/C29H29ClN4O5S2/c1-3-39-29(36)32-13-15-33(16-14-32)41(37,38)24-11-9-22(10-12-24)27(35)34(19-21-7-5-4-6-8-21)28-31-26-20(2)17-23(30)18-25(26)40-28/h4-12,17-18H,3,13-16,19H2,1-2H3. The summed E-state index contributed by atoms with van der Waals surface area (Å²) in [7, 11) is -3.81. The molecule has 12 heteroatoms. The van der Waals surface area contributed by atoms with E-state index >= 15 is 0 Å². The van der Waals surface area contributed by atoms with Crippen molar-refractivity contribution < 1.29 is 22.7 Å². The third-order valence-electron chi connectivity index (χ3n) is 6.80. The second-order valence-corrected chi connectivity index (χ2v) is 12.9. The van der Waals surface area contributed by atoms with Gasteiger partial charge < -0.3 is 9.64 Å². The minimum Gasteiger partial charge on any atom is -0.450 e. The Balaban J connectivity index is 1.39. The van der Waals surface area contributed by atoms with Crippen molar-refractivity contribution in [2.75, 3.05) is 37.7 Å². The Bertz CT molecular complexity index is 1670. The van der Waals surface area contributed by atoms with Crippen molar-refractivity contribution in [1.82, 2.24) is 14.2 Å². The molecule has 9 nitrogen and oxygen atoms in total. The summed E-state index contributed by atoms with van der Waals surface area (Å²) in [4.78, 5) is 33.8. The first-order valence-corrected chi connectivity index (χ1v) is 15.7. The average Bonchev–Trinajstić information content (AvgIpc) is 3.40. The van der Waals surface area contributed by atoms with Crippen LogP contribution in [0.5, 0.6) is 0 Å². The van der Waals surface area contributed by atoms with E-state index in [0.29, 0.717) is 15.7 Å². The summed E-state index contributed by atoms with van der Waals surface area (Å²) in [6.07, 6.45) is -0.446. The van der Waals surface area contributed by atoms with Crippen LogP contribution in [0.3, 0.4) is 0 Å². The normalized spacial score (nSPS) is 14.3. The van der Waals surface area contributed by atoms with Gasteiger partial charge in [-0.15, -0.1) is 0 Å². The van der Waals surface area contributed by atoms with Crippen LogP contribution >= 0.6 is 22.9 Å². The van der Waals surface area contributed by atoms with Crippen LogP contribution in [0.1, 0.15) is 28.4 Å². The number of amides is 2. The van der Waals surface area contributed by atoms with E-state index in [1.165, 1.54) is 44.8 Å². The Labute approximate surface area is 248 Å². The predicted molar refractivity (Wildman–Crippen MR) is 160 cm³/mol. The highest BCUT2D eigenvalue weighted by molar-refractivity contribution is 7.89. The summed E-state index contributed by atoms with van der Waals surface area (Å²) in [6.45, 7) is 5.02. The SMILES string of the molecule is CCOC(=O)N1CCN(S(=O)(=O)c2ccc(C(=O)N(Cc3ccccc3)c3nc4c(C)cc(Cl)cc4s3)cc2)CC1. The number of aromatic nitrogens is 1. The largest absolute Gasteiger partial charge is 0.450 e. The number of sulfonamides is 1. The average molecular weight is 613 g/mol. The number of anilines is 1. The topological polar surface area (TPSA) is 100 Å². The molecule has 0 aliphatic carbocycles. The molecule has 0 radical (unpaired) electrons. The van der Waals surface area contributed by atoms with Crippen LogP contribution in [0, 0.1) is 6.92 Å². The maximum Gasteiger partial charge on any atom is 0.409 e. The Hall–Kier alpha value is -3.51. The molecule has 214 valence electrons. The molecule has 2 amide bonds. The number of aryl methyl sites for hydroxylation is 1. The Morgan fingerprint density at radius 2 is 1.71 bits per heavy atom. The van der Waals surface area contributed by atoms with Crippen LogP contribution in [0.2, 0.25) is 5.02 Å². The Kier molecular flexibility index (Phi) is 8.60. The maximum atomic E-state index is 13.9. The number of fused-ring (bicyclic) bond motifs is 1. The van der Waals surface area contributed by atoms with E-state index in [4.69, 9.17) is 21.3 Å². The molecule has 0 saturated carbocycles. The smallest absolute Gasteiger partial charge is 0.409 e. The van der Waals surface area contributed by atoms with Crippen LogP contribution in [-0.2, 0) is 21.3 Å². The van der Waals surface area contributed by atoms with Gasteiger partial charge in [-0.2, -0.15) is 4.31 Å². The van der Waals surface area contributed by atoms with Gasteiger partial charge in [-0.25, -0.2) is 18.2 Å². The van der Waals surface area contributed by atoms with Gasteiger partial charge in [-0.3, -0.25) is 9.69 Å². The molecule has 1 aliphatic rings. The molecule has 41 heavy (non-hydrogen) atoms. The lowest BCUT2D eigenvalue weighted by Crippen LogP contribution is -2.50. The number of halogens is 1. The third kappa shape index (κ3) is 6.23. The van der Waals surface area contributed by atoms with Crippen molar-refractivity contribution in [3.8, 4) is 0 Å². The second kappa shape index (κ2) is 12.2. The Morgan fingerprint density at radius 3 is 2.37 bits per heavy atom. The molecular formula is C29H29ClN4O5S2. The van der Waals surface area contributed by atoms with E-state index in [2.05, 4.69) is 0 Å². The molecule has 4 aromatic rings. The van der Waals surface area contributed by atoms with E-state index in [-0.39, 0.29) is 50.1 Å². The van der Waals surface area contributed by atoms with Crippen molar-refractivity contribution >= 4 is 60.3 Å². The van der Waals surface area contributed by atoms with Crippen molar-refractivity contribution in [2.45, 2.75) is 25.3 Å². The lowest BCUT2D eigenvalue weighted by atomic mass is 10.1. The minimum absolute atomic E-state index is 0.0819. The van der Waals surface area contributed by atoms with E-state index in [9.17, 15) is 18.0 Å². The summed E-state index contributed by atoms with van der Waals surface area (Å²) in [5.74, 6) is -0.302. The highest BCUT2D eigenvalue weighted by Gasteiger charge is 2.31. The monoisotopic (exact) mass is 612 g/mol. The zero-order valence-electron chi connectivity index (χ0n) is 22.6. The number of hydrogen-bond acceptors (Lipinski definition) is 7. The van der Waals surface area contributed by atoms with Crippen LogP contribution < -0.4 is 4.90 Å². The number of carbonyl (C=O) groups excluding carboxylic acids is 2. The number of thiazole rings is 1. The van der Waals surface area contributed by atoms with Gasteiger partial charge in [0, 0.05) is 36.8 Å². The van der Waals surface area contributed by atoms with Gasteiger partial charge in [-0.05, 0) is 61.4 Å². The molecule has 0 bridgehead atoms. The summed E-state index contributed by atoms with van der Waals surface area (Å²) in [5, 5.41) is 1.13. The number of carbonyl (C=O) groups is 2.